The van der Waals surface area contributed by atoms with Crippen molar-refractivity contribution < 1.29 is 14.7 Å². The summed E-state index contributed by atoms with van der Waals surface area (Å²) in [5, 5.41) is 14.3. The van der Waals surface area contributed by atoms with Crippen LogP contribution >= 0.6 is 11.3 Å². The molecule has 4 rings (SSSR count). The Hall–Kier alpha value is -2.68. The molecule has 2 aromatic heterocycles. The molecule has 0 fully saturated rings. The number of hydrogen-bond acceptors (Lipinski definition) is 5. The fourth-order valence-electron chi connectivity index (χ4n) is 3.96. The highest BCUT2D eigenvalue weighted by Crippen LogP contribution is 2.29. The number of aliphatic hydroxyl groups is 1. The van der Waals surface area contributed by atoms with Crippen molar-refractivity contribution in [3.05, 3.63) is 52.5 Å². The molecule has 3 aromatic rings. The maximum absolute atomic E-state index is 13.2. The zero-order valence-corrected chi connectivity index (χ0v) is 18.1. The van der Waals surface area contributed by atoms with Gasteiger partial charge in [-0.3, -0.25) is 9.59 Å². The minimum Gasteiger partial charge on any atom is -0.390 e. The van der Waals surface area contributed by atoms with Crippen LogP contribution in [0.3, 0.4) is 0 Å². The van der Waals surface area contributed by atoms with Gasteiger partial charge in [-0.15, -0.1) is 11.3 Å². The predicted octanol–water partition coefficient (Wildman–Crippen LogP) is 2.15. The van der Waals surface area contributed by atoms with Crippen molar-refractivity contribution in [3.63, 3.8) is 0 Å². The largest absolute Gasteiger partial charge is 0.390 e. The number of β-amino-alcohol motifs (C(OH)–C–C–N with tert-alkyl or cyclic N) is 1. The highest BCUT2D eigenvalue weighted by Gasteiger charge is 2.35. The number of amides is 2. The average Bonchev–Trinajstić information content (AvgIpc) is 3.22. The number of aliphatic hydroxyl groups excluding tert-OH is 1. The van der Waals surface area contributed by atoms with Crippen LogP contribution < -0.4 is 10.2 Å². The van der Waals surface area contributed by atoms with Crippen LogP contribution in [0.4, 0.5) is 5.69 Å². The minimum atomic E-state index is -0.690. The van der Waals surface area contributed by atoms with E-state index in [0.717, 1.165) is 21.5 Å². The Morgan fingerprint density at radius 3 is 2.87 bits per heavy atom. The quantitative estimate of drug-likeness (QED) is 0.564. The van der Waals surface area contributed by atoms with Crippen molar-refractivity contribution in [1.82, 2.24) is 15.2 Å². The number of H-pyrrole nitrogens is 1. The van der Waals surface area contributed by atoms with Crippen molar-refractivity contribution in [3.8, 4) is 0 Å². The molecule has 3 heterocycles. The van der Waals surface area contributed by atoms with Gasteiger partial charge in [0.15, 0.2) is 0 Å². The van der Waals surface area contributed by atoms with Gasteiger partial charge in [0.1, 0.15) is 16.6 Å². The zero-order valence-electron chi connectivity index (χ0n) is 17.3. The molecular formula is C22H26N4O3S. The topological polar surface area (TPSA) is 88.7 Å². The van der Waals surface area contributed by atoms with Gasteiger partial charge in [-0.1, -0.05) is 18.2 Å². The number of fused-ring (bicyclic) bond motifs is 2. The van der Waals surface area contributed by atoms with E-state index in [1.54, 1.807) is 16.2 Å². The Bertz CT molecular complexity index is 1060. The Balaban J connectivity index is 1.55. The molecule has 158 valence electrons. The van der Waals surface area contributed by atoms with E-state index in [1.165, 1.54) is 4.88 Å². The number of para-hydroxylation sites is 1. The van der Waals surface area contributed by atoms with E-state index in [1.807, 2.05) is 62.3 Å². The lowest BCUT2D eigenvalue weighted by molar-refractivity contribution is -0.121. The Kier molecular flexibility index (Phi) is 5.64. The normalized spacial score (nSPS) is 17.4. The summed E-state index contributed by atoms with van der Waals surface area (Å²) in [6.45, 7) is 2.65. The van der Waals surface area contributed by atoms with Gasteiger partial charge in [0.25, 0.3) is 5.91 Å². The highest BCUT2D eigenvalue weighted by atomic mass is 32.1. The molecule has 1 aliphatic heterocycles. The van der Waals surface area contributed by atoms with Gasteiger partial charge in [-0.05, 0) is 44.8 Å². The Morgan fingerprint density at radius 2 is 2.13 bits per heavy atom. The fourth-order valence-corrected chi connectivity index (χ4v) is 4.87. The van der Waals surface area contributed by atoms with Crippen molar-refractivity contribution in [2.75, 3.05) is 32.1 Å². The molecule has 7 nitrogen and oxygen atoms in total. The van der Waals surface area contributed by atoms with E-state index in [4.69, 9.17) is 0 Å². The Morgan fingerprint density at radius 1 is 1.37 bits per heavy atom. The number of aromatic nitrogens is 1. The Labute approximate surface area is 179 Å². The second-order valence-corrected chi connectivity index (χ2v) is 9.30. The van der Waals surface area contributed by atoms with E-state index in [2.05, 4.69) is 10.3 Å². The number of hydrogen-bond donors (Lipinski definition) is 3. The smallest absolute Gasteiger partial charge is 0.268 e. The lowest BCUT2D eigenvalue weighted by Gasteiger charge is -2.36. The van der Waals surface area contributed by atoms with Crippen LogP contribution in [0.15, 0.2) is 36.4 Å². The number of benzene rings is 1. The number of thiophene rings is 1. The van der Waals surface area contributed by atoms with Crippen LogP contribution in [-0.4, -0.2) is 66.1 Å². The molecule has 2 amide bonds. The van der Waals surface area contributed by atoms with Gasteiger partial charge < -0.3 is 25.2 Å². The van der Waals surface area contributed by atoms with Gasteiger partial charge >= 0.3 is 0 Å². The van der Waals surface area contributed by atoms with E-state index in [-0.39, 0.29) is 18.4 Å². The number of carbonyl (C=O) groups is 2. The summed E-state index contributed by atoms with van der Waals surface area (Å²) in [5.41, 5.74) is 2.21. The SMILES string of the molecule is Cc1cc2cc(C(=O)NC3Cc4ccccc4N(CC(O)CN(C)C)C3=O)[nH]c2s1. The van der Waals surface area contributed by atoms with E-state index in [9.17, 15) is 14.7 Å². The first-order valence-electron chi connectivity index (χ1n) is 9.94. The molecule has 0 saturated heterocycles. The average molecular weight is 427 g/mol. The molecule has 0 radical (unpaired) electrons. The lowest BCUT2D eigenvalue weighted by Crippen LogP contribution is -2.55. The molecule has 0 aliphatic carbocycles. The standard InChI is InChI=1S/C22H26N4O3S/c1-13-8-15-10-17(24-21(15)30-13)20(28)23-18-9-14-6-4-5-7-19(14)26(22(18)29)12-16(27)11-25(2)3/h4-8,10,16,18,24,27H,9,11-12H2,1-3H3,(H,23,28). The summed E-state index contributed by atoms with van der Waals surface area (Å²) in [7, 11) is 3.75. The van der Waals surface area contributed by atoms with Crippen LogP contribution in [0.2, 0.25) is 0 Å². The van der Waals surface area contributed by atoms with E-state index < -0.39 is 12.1 Å². The first-order chi connectivity index (χ1) is 14.3. The molecule has 0 saturated carbocycles. The molecule has 2 atom stereocenters. The minimum absolute atomic E-state index is 0.178. The van der Waals surface area contributed by atoms with Gasteiger partial charge in [-0.25, -0.2) is 0 Å². The van der Waals surface area contributed by atoms with E-state index >= 15 is 0 Å². The van der Waals surface area contributed by atoms with Gasteiger partial charge in [0, 0.05) is 28.9 Å². The molecule has 1 aliphatic rings. The van der Waals surface area contributed by atoms with E-state index in [0.29, 0.717) is 18.7 Å². The number of nitrogens with one attached hydrogen (secondary N) is 2. The number of anilines is 1. The highest BCUT2D eigenvalue weighted by molar-refractivity contribution is 7.18. The van der Waals surface area contributed by atoms with Crippen LogP contribution in [0.1, 0.15) is 20.9 Å². The molecule has 2 unspecified atom stereocenters. The fraction of sp³-hybridized carbons (Fsp3) is 0.364. The summed E-state index contributed by atoms with van der Waals surface area (Å²) in [6.07, 6.45) is -0.264. The number of aromatic amines is 1. The number of likely N-dealkylation sites (N-methyl/N-ethyl adjacent to an activating group) is 1. The van der Waals surface area contributed by atoms with Crippen molar-refractivity contribution >= 4 is 39.1 Å². The molecule has 0 spiro atoms. The zero-order chi connectivity index (χ0) is 21.4. The molecular weight excluding hydrogens is 400 g/mol. The third-order valence-corrected chi connectivity index (χ3v) is 6.20. The lowest BCUT2D eigenvalue weighted by atomic mass is 9.96. The summed E-state index contributed by atoms with van der Waals surface area (Å²) < 4.78 is 0. The van der Waals surface area contributed by atoms with Gasteiger partial charge in [0.2, 0.25) is 5.91 Å². The second-order valence-electron chi connectivity index (χ2n) is 8.05. The van der Waals surface area contributed by atoms with Gasteiger partial charge in [0.05, 0.1) is 12.6 Å². The van der Waals surface area contributed by atoms with Crippen molar-refractivity contribution in [2.45, 2.75) is 25.5 Å². The van der Waals surface area contributed by atoms with Crippen LogP contribution in [-0.2, 0) is 11.2 Å². The third-order valence-electron chi connectivity index (χ3n) is 5.22. The maximum atomic E-state index is 13.2. The van der Waals surface area contributed by atoms with Crippen molar-refractivity contribution in [2.24, 2.45) is 0 Å². The number of aryl methyl sites for hydroxylation is 1. The molecule has 8 heteroatoms. The van der Waals surface area contributed by atoms with Crippen LogP contribution in [0.5, 0.6) is 0 Å². The molecule has 30 heavy (non-hydrogen) atoms. The number of carbonyl (C=O) groups excluding carboxylic acids is 2. The summed E-state index contributed by atoms with van der Waals surface area (Å²) in [4.78, 5) is 34.8. The molecule has 3 N–H and O–H groups in total. The molecule has 1 aromatic carbocycles. The van der Waals surface area contributed by atoms with Crippen LogP contribution in [0, 0.1) is 6.92 Å². The first kappa shape index (κ1) is 20.6. The second kappa shape index (κ2) is 8.22. The van der Waals surface area contributed by atoms with Crippen LogP contribution in [0.25, 0.3) is 10.2 Å². The summed E-state index contributed by atoms with van der Waals surface area (Å²) in [6, 6.07) is 10.8. The van der Waals surface area contributed by atoms with Gasteiger partial charge in [-0.2, -0.15) is 0 Å². The maximum Gasteiger partial charge on any atom is 0.268 e. The summed E-state index contributed by atoms with van der Waals surface area (Å²) in [5.74, 6) is -0.508. The first-order valence-corrected chi connectivity index (χ1v) is 10.8. The summed E-state index contributed by atoms with van der Waals surface area (Å²) >= 11 is 1.60. The monoisotopic (exact) mass is 426 g/mol. The number of rotatable bonds is 6. The third kappa shape index (κ3) is 4.12. The predicted molar refractivity (Wildman–Crippen MR) is 119 cm³/mol. The van der Waals surface area contributed by atoms with Crippen molar-refractivity contribution in [1.29, 1.82) is 0 Å². The number of nitrogens with zero attached hydrogens (tertiary/aromatic N) is 2. The molecule has 0 bridgehead atoms.